The summed E-state index contributed by atoms with van der Waals surface area (Å²) < 4.78 is 0. The zero-order chi connectivity index (χ0) is 14.9. The predicted octanol–water partition coefficient (Wildman–Crippen LogP) is 5.17. The van der Waals surface area contributed by atoms with Crippen molar-refractivity contribution in [3.8, 4) is 0 Å². The first-order chi connectivity index (χ1) is 10.8. The highest BCUT2D eigenvalue weighted by Crippen LogP contribution is 2.30. The Kier molecular flexibility index (Phi) is 3.05. The molecule has 0 fully saturated rings. The van der Waals surface area contributed by atoms with Crippen molar-refractivity contribution in [3.05, 3.63) is 90.0 Å². The molecule has 0 bridgehead atoms. The van der Waals surface area contributed by atoms with Gasteiger partial charge in [0, 0.05) is 5.69 Å². The number of nitrogen functional groups attached to an aromatic ring is 1. The van der Waals surface area contributed by atoms with E-state index in [0.717, 1.165) is 12.1 Å². The number of rotatable bonds is 2. The van der Waals surface area contributed by atoms with Crippen LogP contribution < -0.4 is 5.73 Å². The molecule has 0 radical (unpaired) electrons. The molecule has 4 aromatic carbocycles. The van der Waals surface area contributed by atoms with Gasteiger partial charge < -0.3 is 5.73 Å². The number of hydrogen-bond donors (Lipinski definition) is 1. The molecular weight excluding hydrogens is 266 g/mol. The van der Waals surface area contributed by atoms with Gasteiger partial charge in [0.25, 0.3) is 0 Å². The minimum absolute atomic E-state index is 0.812. The van der Waals surface area contributed by atoms with Crippen molar-refractivity contribution in [3.63, 3.8) is 0 Å². The van der Waals surface area contributed by atoms with Crippen LogP contribution in [0.3, 0.4) is 0 Å². The molecule has 0 saturated carbocycles. The lowest BCUT2D eigenvalue weighted by atomic mass is 9.94. The quantitative estimate of drug-likeness (QED) is 0.399. The second kappa shape index (κ2) is 5.19. The van der Waals surface area contributed by atoms with Crippen molar-refractivity contribution in [1.82, 2.24) is 0 Å². The molecule has 2 N–H and O–H groups in total. The van der Waals surface area contributed by atoms with Crippen LogP contribution >= 0.6 is 0 Å². The molecule has 0 atom stereocenters. The van der Waals surface area contributed by atoms with Crippen LogP contribution in [-0.2, 0) is 6.42 Å². The summed E-state index contributed by atoms with van der Waals surface area (Å²) in [6.07, 6.45) is 0.922. The monoisotopic (exact) mass is 283 g/mol. The summed E-state index contributed by atoms with van der Waals surface area (Å²) in [5.74, 6) is 0. The lowest BCUT2D eigenvalue weighted by Crippen LogP contribution is -1.92. The molecule has 0 aliphatic heterocycles. The van der Waals surface area contributed by atoms with E-state index in [1.54, 1.807) is 0 Å². The molecule has 4 rings (SSSR count). The molecule has 1 heteroatoms. The summed E-state index contributed by atoms with van der Waals surface area (Å²) >= 11 is 0. The smallest absolute Gasteiger partial charge is 0.0314 e. The van der Waals surface area contributed by atoms with Crippen LogP contribution in [0.1, 0.15) is 11.1 Å². The normalized spacial score (nSPS) is 11.1. The largest absolute Gasteiger partial charge is 0.399 e. The fourth-order valence-electron chi connectivity index (χ4n) is 3.13. The Hall–Kier alpha value is -2.80. The van der Waals surface area contributed by atoms with Crippen molar-refractivity contribution >= 4 is 27.2 Å². The van der Waals surface area contributed by atoms with Gasteiger partial charge in [-0.1, -0.05) is 66.7 Å². The van der Waals surface area contributed by atoms with Gasteiger partial charge in [-0.3, -0.25) is 0 Å². The van der Waals surface area contributed by atoms with Gasteiger partial charge in [-0.2, -0.15) is 0 Å². The first kappa shape index (κ1) is 12.9. The third-order valence-electron chi connectivity index (χ3n) is 4.23. The fraction of sp³-hybridized carbons (Fsp3) is 0.0476. The molecule has 4 aromatic rings. The molecule has 0 saturated heterocycles. The number of nitrogens with two attached hydrogens (primary N) is 1. The first-order valence-corrected chi connectivity index (χ1v) is 7.55. The highest BCUT2D eigenvalue weighted by Gasteiger charge is 2.06. The van der Waals surface area contributed by atoms with Crippen LogP contribution in [0.4, 0.5) is 5.69 Å². The number of hydrogen-bond acceptors (Lipinski definition) is 1. The molecule has 0 aliphatic carbocycles. The second-order valence-electron chi connectivity index (χ2n) is 5.72. The maximum atomic E-state index is 5.78. The van der Waals surface area contributed by atoms with Crippen molar-refractivity contribution in [1.29, 1.82) is 0 Å². The zero-order valence-corrected chi connectivity index (χ0v) is 12.3. The summed E-state index contributed by atoms with van der Waals surface area (Å²) in [7, 11) is 0. The average Bonchev–Trinajstić information content (AvgIpc) is 2.57. The van der Waals surface area contributed by atoms with Crippen LogP contribution in [0.25, 0.3) is 21.5 Å². The lowest BCUT2D eigenvalue weighted by molar-refractivity contribution is 1.22. The van der Waals surface area contributed by atoms with Crippen LogP contribution in [-0.4, -0.2) is 0 Å². The molecule has 1 nitrogen and oxygen atoms in total. The van der Waals surface area contributed by atoms with Crippen molar-refractivity contribution < 1.29 is 0 Å². The Morgan fingerprint density at radius 2 is 1.27 bits per heavy atom. The van der Waals surface area contributed by atoms with E-state index >= 15 is 0 Å². The van der Waals surface area contributed by atoms with Crippen LogP contribution in [0.5, 0.6) is 0 Å². The second-order valence-corrected chi connectivity index (χ2v) is 5.72. The maximum Gasteiger partial charge on any atom is 0.0314 e. The van der Waals surface area contributed by atoms with E-state index < -0.39 is 0 Å². The van der Waals surface area contributed by atoms with Gasteiger partial charge in [0.05, 0.1) is 0 Å². The Labute approximate surface area is 130 Å². The van der Waals surface area contributed by atoms with E-state index in [9.17, 15) is 0 Å². The number of anilines is 1. The Balaban J connectivity index is 1.93. The Bertz CT molecular complexity index is 952. The van der Waals surface area contributed by atoms with Crippen LogP contribution in [0, 0.1) is 0 Å². The zero-order valence-electron chi connectivity index (χ0n) is 12.3. The summed E-state index contributed by atoms with van der Waals surface area (Å²) in [5.41, 5.74) is 9.24. The SMILES string of the molecule is Nc1ccc(Cc2cc3ccccc3c3ccccc23)cc1. The molecule has 0 aliphatic rings. The van der Waals surface area contributed by atoms with E-state index in [4.69, 9.17) is 5.73 Å². The average molecular weight is 283 g/mol. The van der Waals surface area contributed by atoms with Gasteiger partial charge in [-0.15, -0.1) is 0 Å². The van der Waals surface area contributed by atoms with E-state index in [2.05, 4.69) is 66.7 Å². The Morgan fingerprint density at radius 3 is 2.05 bits per heavy atom. The maximum absolute atomic E-state index is 5.78. The molecule has 0 unspecified atom stereocenters. The molecule has 0 heterocycles. The minimum atomic E-state index is 0.812. The van der Waals surface area contributed by atoms with Crippen LogP contribution in [0.15, 0.2) is 78.9 Å². The van der Waals surface area contributed by atoms with Crippen LogP contribution in [0.2, 0.25) is 0 Å². The molecule has 0 amide bonds. The molecule has 0 aromatic heterocycles. The summed E-state index contributed by atoms with van der Waals surface area (Å²) in [4.78, 5) is 0. The number of fused-ring (bicyclic) bond motifs is 3. The van der Waals surface area contributed by atoms with Gasteiger partial charge >= 0.3 is 0 Å². The highest BCUT2D eigenvalue weighted by atomic mass is 14.5. The molecule has 106 valence electrons. The third-order valence-corrected chi connectivity index (χ3v) is 4.23. The first-order valence-electron chi connectivity index (χ1n) is 7.55. The minimum Gasteiger partial charge on any atom is -0.399 e. The van der Waals surface area contributed by atoms with Gasteiger partial charge in [0.2, 0.25) is 0 Å². The van der Waals surface area contributed by atoms with Gasteiger partial charge in [-0.05, 0) is 51.2 Å². The number of benzene rings is 4. The Morgan fingerprint density at radius 1 is 0.636 bits per heavy atom. The van der Waals surface area contributed by atoms with Crippen molar-refractivity contribution in [2.24, 2.45) is 0 Å². The van der Waals surface area contributed by atoms with E-state index in [0.29, 0.717) is 0 Å². The third kappa shape index (κ3) is 2.21. The lowest BCUT2D eigenvalue weighted by Gasteiger charge is -2.11. The summed E-state index contributed by atoms with van der Waals surface area (Å²) in [6.45, 7) is 0. The topological polar surface area (TPSA) is 26.0 Å². The van der Waals surface area contributed by atoms with Gasteiger partial charge in [-0.25, -0.2) is 0 Å². The fourth-order valence-corrected chi connectivity index (χ4v) is 3.13. The van der Waals surface area contributed by atoms with E-state index in [1.807, 2.05) is 12.1 Å². The molecule has 0 spiro atoms. The standard InChI is InChI=1S/C21H17N/c22-18-11-9-15(10-12-18)13-17-14-16-5-1-2-6-19(16)21-8-4-3-7-20(17)21/h1-12,14H,13,22H2. The summed E-state index contributed by atoms with van der Waals surface area (Å²) in [5, 5.41) is 5.27. The molecule has 22 heavy (non-hydrogen) atoms. The van der Waals surface area contributed by atoms with Crippen molar-refractivity contribution in [2.75, 3.05) is 5.73 Å². The van der Waals surface area contributed by atoms with Gasteiger partial charge in [0.15, 0.2) is 0 Å². The predicted molar refractivity (Wildman–Crippen MR) is 95.1 cm³/mol. The summed E-state index contributed by atoms with van der Waals surface area (Å²) in [6, 6.07) is 27.7. The van der Waals surface area contributed by atoms with E-state index in [-0.39, 0.29) is 0 Å². The molecular formula is C21H17N. The van der Waals surface area contributed by atoms with E-state index in [1.165, 1.54) is 32.7 Å². The van der Waals surface area contributed by atoms with Crippen molar-refractivity contribution in [2.45, 2.75) is 6.42 Å². The highest BCUT2D eigenvalue weighted by molar-refractivity contribution is 6.09. The van der Waals surface area contributed by atoms with Gasteiger partial charge in [0.1, 0.15) is 0 Å².